The van der Waals surface area contributed by atoms with Crippen LogP contribution >= 0.6 is 0 Å². The first-order valence-corrected chi connectivity index (χ1v) is 17.5. The summed E-state index contributed by atoms with van der Waals surface area (Å²) in [6.45, 7) is 9.90. The Hall–Kier alpha value is -3.77. The maximum absolute atomic E-state index is 13.2. The van der Waals surface area contributed by atoms with Gasteiger partial charge in [-0.05, 0) is 70.1 Å². The van der Waals surface area contributed by atoms with Crippen molar-refractivity contribution in [1.29, 1.82) is 0 Å². The Morgan fingerprint density at radius 1 is 1.11 bits per heavy atom. The number of carbonyl (C=O) groups excluding carboxylic acids is 1. The Morgan fingerprint density at radius 3 is 2.58 bits per heavy atom. The van der Waals surface area contributed by atoms with E-state index in [-0.39, 0.29) is 12.3 Å². The summed E-state index contributed by atoms with van der Waals surface area (Å²) < 4.78 is 34.3. The summed E-state index contributed by atoms with van der Waals surface area (Å²) in [5.41, 5.74) is 3.20. The number of ether oxygens (including phenoxy) is 1. The number of carbonyl (C=O) groups is 1. The molecule has 1 aromatic carbocycles. The molecule has 3 N–H and O–H groups in total. The van der Waals surface area contributed by atoms with E-state index in [0.717, 1.165) is 68.2 Å². The number of esters is 1. The Bertz CT molecular complexity index is 1570. The van der Waals surface area contributed by atoms with Crippen LogP contribution in [0.25, 0.3) is 0 Å². The monoisotopic (exact) mass is 635 g/mol. The molecule has 1 atom stereocenters. The molecular weight excluding hydrogens is 590 g/mol. The zero-order valence-corrected chi connectivity index (χ0v) is 27.5. The van der Waals surface area contributed by atoms with Crippen LogP contribution in [0.3, 0.4) is 0 Å². The second-order valence-corrected chi connectivity index (χ2v) is 14.5. The third-order valence-electron chi connectivity index (χ3n) is 8.09. The van der Waals surface area contributed by atoms with Gasteiger partial charge in [-0.1, -0.05) is 43.3 Å². The van der Waals surface area contributed by atoms with Gasteiger partial charge in [0.05, 0.1) is 5.75 Å². The first kappa shape index (κ1) is 32.6. The summed E-state index contributed by atoms with van der Waals surface area (Å²) in [5.74, 6) is 1.94. The molecule has 2 aliphatic heterocycles. The average molecular weight is 636 g/mol. The molecule has 12 heteroatoms. The molecule has 1 fully saturated rings. The van der Waals surface area contributed by atoms with Crippen LogP contribution in [0, 0.1) is 0 Å². The lowest BCUT2D eigenvalue weighted by molar-refractivity contribution is -0.156. The molecule has 45 heavy (non-hydrogen) atoms. The lowest BCUT2D eigenvalue weighted by Gasteiger charge is -2.34. The second kappa shape index (κ2) is 14.1. The molecule has 4 heterocycles. The molecule has 0 radical (unpaired) electrons. The van der Waals surface area contributed by atoms with Crippen molar-refractivity contribution in [1.82, 2.24) is 19.7 Å². The average Bonchev–Trinajstić information content (AvgIpc) is 3.02. The molecule has 3 aromatic rings. The minimum absolute atomic E-state index is 0.0352. The van der Waals surface area contributed by atoms with E-state index in [1.54, 1.807) is 45.0 Å². The second-order valence-electron chi connectivity index (χ2n) is 12.7. The number of fused-ring (bicyclic) bond motifs is 1. The van der Waals surface area contributed by atoms with E-state index in [4.69, 9.17) is 9.72 Å². The van der Waals surface area contributed by atoms with Crippen LogP contribution in [0.5, 0.6) is 0 Å². The van der Waals surface area contributed by atoms with E-state index >= 15 is 0 Å². The number of sulfonamides is 1. The van der Waals surface area contributed by atoms with E-state index in [2.05, 4.69) is 42.4 Å². The van der Waals surface area contributed by atoms with Crippen LogP contribution in [0.15, 0.2) is 48.8 Å². The molecule has 0 bridgehead atoms. The maximum atomic E-state index is 13.2. The minimum atomic E-state index is -3.85. The number of nitrogens with zero attached hydrogens (tertiary/aromatic N) is 4. The molecule has 242 valence electrons. The van der Waals surface area contributed by atoms with Crippen molar-refractivity contribution in [2.75, 3.05) is 41.7 Å². The van der Waals surface area contributed by atoms with Gasteiger partial charge in [-0.2, -0.15) is 4.72 Å². The number of nitrogens with one attached hydrogen (secondary N) is 3. The molecular formula is C33H45N7O4S. The third kappa shape index (κ3) is 8.70. The summed E-state index contributed by atoms with van der Waals surface area (Å²) in [6, 6.07) is 12.1. The number of hydrogen-bond acceptors (Lipinski definition) is 10. The van der Waals surface area contributed by atoms with Gasteiger partial charge < -0.3 is 20.3 Å². The number of rotatable bonds is 11. The van der Waals surface area contributed by atoms with Crippen LogP contribution in [0.2, 0.25) is 0 Å². The van der Waals surface area contributed by atoms with E-state index in [1.165, 1.54) is 11.9 Å². The topological polar surface area (TPSA) is 138 Å². The largest absolute Gasteiger partial charge is 0.459 e. The van der Waals surface area contributed by atoms with Crippen LogP contribution in [0.4, 0.5) is 17.5 Å². The SMILES string of the molecule is CCc1c(NC[C@H](NS(=O)(=O)Cc2ccccc2)C(=O)OC(C)(C)C)ncnc1N1CCC(c2ccc3c(n2)NCCC3)CC1. The predicted molar refractivity (Wildman–Crippen MR) is 177 cm³/mol. The van der Waals surface area contributed by atoms with Gasteiger partial charge >= 0.3 is 5.97 Å². The lowest BCUT2D eigenvalue weighted by atomic mass is 9.92. The van der Waals surface area contributed by atoms with Crippen molar-refractivity contribution in [3.63, 3.8) is 0 Å². The molecule has 2 aromatic heterocycles. The first-order valence-electron chi connectivity index (χ1n) is 15.8. The van der Waals surface area contributed by atoms with Crippen molar-refractivity contribution in [2.45, 2.75) is 83.1 Å². The number of anilines is 3. The molecule has 11 nitrogen and oxygen atoms in total. The predicted octanol–water partition coefficient (Wildman–Crippen LogP) is 4.42. The fourth-order valence-corrected chi connectivity index (χ4v) is 7.24. The Morgan fingerprint density at radius 2 is 1.87 bits per heavy atom. The van der Waals surface area contributed by atoms with Crippen LogP contribution in [-0.4, -0.2) is 67.2 Å². The van der Waals surface area contributed by atoms with E-state index in [0.29, 0.717) is 23.7 Å². The quantitative estimate of drug-likeness (QED) is 0.260. The molecule has 0 saturated carbocycles. The molecule has 0 amide bonds. The van der Waals surface area contributed by atoms with Gasteiger partial charge in [-0.25, -0.2) is 23.4 Å². The normalized spacial score (nSPS) is 16.4. The van der Waals surface area contributed by atoms with E-state index < -0.39 is 27.6 Å². The molecule has 2 aliphatic rings. The highest BCUT2D eigenvalue weighted by Crippen LogP contribution is 2.33. The summed E-state index contributed by atoms with van der Waals surface area (Å²) in [5, 5.41) is 6.68. The summed E-state index contributed by atoms with van der Waals surface area (Å²) >= 11 is 0. The van der Waals surface area contributed by atoms with Gasteiger partial charge in [-0.15, -0.1) is 0 Å². The van der Waals surface area contributed by atoms with Crippen molar-refractivity contribution in [2.24, 2.45) is 0 Å². The van der Waals surface area contributed by atoms with E-state index in [1.807, 2.05) is 13.0 Å². The summed E-state index contributed by atoms with van der Waals surface area (Å²) in [4.78, 5) is 29.5. The van der Waals surface area contributed by atoms with Crippen molar-refractivity contribution >= 4 is 33.4 Å². The third-order valence-corrected chi connectivity index (χ3v) is 9.45. The van der Waals surface area contributed by atoms with Crippen LogP contribution in [0.1, 0.15) is 75.3 Å². The molecule has 0 unspecified atom stereocenters. The van der Waals surface area contributed by atoms with Gasteiger partial charge in [0.25, 0.3) is 0 Å². The summed E-state index contributed by atoms with van der Waals surface area (Å²) in [6.07, 6.45) is 6.33. The van der Waals surface area contributed by atoms with Gasteiger partial charge in [0, 0.05) is 43.4 Å². The number of benzene rings is 1. The number of hydrogen-bond donors (Lipinski definition) is 3. The van der Waals surface area contributed by atoms with E-state index in [9.17, 15) is 13.2 Å². The molecule has 0 spiro atoms. The standard InChI is InChI=1S/C33H45N7O4S/c1-5-26-30(35-20-28(32(41)44-33(2,3)4)39-45(42,43)21-23-10-7-6-8-11-23)36-22-37-31(26)40-18-15-24(16-19-40)27-14-13-25-12-9-17-34-29(25)38-27/h6-8,10-11,13-14,22,24,28,39H,5,9,12,15-21H2,1-4H3,(H,34,38)(H,35,36,37)/t28-/m0/s1. The fraction of sp³-hybridized carbons (Fsp3) is 0.515. The number of pyridine rings is 1. The highest BCUT2D eigenvalue weighted by molar-refractivity contribution is 7.88. The van der Waals surface area contributed by atoms with Gasteiger partial charge in [-0.3, -0.25) is 4.79 Å². The number of aromatic nitrogens is 3. The first-order chi connectivity index (χ1) is 21.5. The Balaban J connectivity index is 1.27. The van der Waals surface area contributed by atoms with Gasteiger partial charge in [0.2, 0.25) is 10.0 Å². The highest BCUT2D eigenvalue weighted by atomic mass is 32.2. The number of aryl methyl sites for hydroxylation is 1. The zero-order valence-electron chi connectivity index (χ0n) is 26.7. The van der Waals surface area contributed by atoms with Crippen molar-refractivity contribution in [3.05, 3.63) is 71.2 Å². The number of piperidine rings is 1. The van der Waals surface area contributed by atoms with Gasteiger partial charge in [0.15, 0.2) is 0 Å². The Labute approximate surface area is 266 Å². The maximum Gasteiger partial charge on any atom is 0.326 e. The zero-order chi connectivity index (χ0) is 32.0. The highest BCUT2D eigenvalue weighted by Gasteiger charge is 2.30. The lowest BCUT2D eigenvalue weighted by Crippen LogP contribution is -2.48. The van der Waals surface area contributed by atoms with Crippen LogP contribution in [-0.2, 0) is 38.1 Å². The van der Waals surface area contributed by atoms with Crippen molar-refractivity contribution < 1.29 is 17.9 Å². The van der Waals surface area contributed by atoms with Crippen molar-refractivity contribution in [3.8, 4) is 0 Å². The van der Waals surface area contributed by atoms with Crippen LogP contribution < -0.4 is 20.3 Å². The Kier molecular flexibility index (Phi) is 10.2. The summed E-state index contributed by atoms with van der Waals surface area (Å²) in [7, 11) is -3.85. The molecule has 0 aliphatic carbocycles. The fourth-order valence-electron chi connectivity index (χ4n) is 5.91. The smallest absolute Gasteiger partial charge is 0.326 e. The molecule has 1 saturated heterocycles. The van der Waals surface area contributed by atoms with Gasteiger partial charge in [0.1, 0.15) is 35.4 Å². The minimum Gasteiger partial charge on any atom is -0.459 e. The molecule has 5 rings (SSSR count).